The molecular weight excluding hydrogens is 517 g/mol. The van der Waals surface area contributed by atoms with Crippen molar-refractivity contribution in [2.75, 3.05) is 20.5 Å². The maximum Gasteiger partial charge on any atom is 0.418 e. The first kappa shape index (κ1) is 29.3. The molecule has 1 N–H and O–H groups in total. The average Bonchev–Trinajstić information content (AvgIpc) is 2.86. The molecule has 0 aliphatic heterocycles. The number of sulfone groups is 1. The number of hydrogen-bond donors (Lipinski definition) is 1. The minimum Gasteiger partial charge on any atom is -0.493 e. The number of nitrogens with one attached hydrogen (secondary N) is 1. The summed E-state index contributed by atoms with van der Waals surface area (Å²) in [5.41, 5.74) is 2.12. The van der Waals surface area contributed by atoms with E-state index in [0.29, 0.717) is 42.0 Å². The maximum absolute atomic E-state index is 13.9. The van der Waals surface area contributed by atoms with Crippen LogP contribution in [0.5, 0.6) is 11.5 Å². The van der Waals surface area contributed by atoms with Crippen LogP contribution in [-0.4, -0.2) is 40.1 Å². The van der Waals surface area contributed by atoms with Gasteiger partial charge in [-0.05, 0) is 61.9 Å². The van der Waals surface area contributed by atoms with Gasteiger partial charge in [-0.1, -0.05) is 35.9 Å². The zero-order valence-corrected chi connectivity index (χ0v) is 22.7. The smallest absolute Gasteiger partial charge is 0.418 e. The van der Waals surface area contributed by atoms with E-state index in [1.807, 2.05) is 24.3 Å². The summed E-state index contributed by atoms with van der Waals surface area (Å²) in [6.07, 6.45) is 4.49. The molecule has 1 unspecified atom stereocenters. The van der Waals surface area contributed by atoms with E-state index in [4.69, 9.17) is 9.47 Å². The Morgan fingerprint density at radius 1 is 1.05 bits per heavy atom. The highest BCUT2D eigenvalue weighted by Crippen LogP contribution is 2.34. The fourth-order valence-electron chi connectivity index (χ4n) is 4.22. The van der Waals surface area contributed by atoms with E-state index < -0.39 is 26.8 Å². The normalized spacial score (nSPS) is 19.5. The summed E-state index contributed by atoms with van der Waals surface area (Å²) >= 11 is 0. The van der Waals surface area contributed by atoms with Crippen molar-refractivity contribution in [1.29, 1.82) is 0 Å². The third-order valence-corrected chi connectivity index (χ3v) is 8.01. The van der Waals surface area contributed by atoms with Gasteiger partial charge in [0.2, 0.25) is 0 Å². The van der Waals surface area contributed by atoms with Crippen molar-refractivity contribution in [2.45, 2.75) is 50.6 Å². The quantitative estimate of drug-likeness (QED) is 0.365. The van der Waals surface area contributed by atoms with Gasteiger partial charge in [-0.2, -0.15) is 13.2 Å². The monoisotopic (exact) mass is 550 g/mol. The van der Waals surface area contributed by atoms with E-state index in [1.54, 1.807) is 32.4 Å². The topological polar surface area (TPSA) is 77.5 Å². The molecule has 1 aromatic heterocycles. The van der Waals surface area contributed by atoms with E-state index in [-0.39, 0.29) is 18.7 Å². The number of ether oxygens (including phenoxy) is 2. The summed E-state index contributed by atoms with van der Waals surface area (Å²) in [4.78, 5) is 4.20. The first-order valence-corrected chi connectivity index (χ1v) is 14.1. The molecule has 0 fully saturated rings. The largest absolute Gasteiger partial charge is 0.493 e. The number of methoxy groups -OCH3 is 2. The van der Waals surface area contributed by atoms with Crippen molar-refractivity contribution in [1.82, 2.24) is 10.3 Å². The fraction of sp³-hybridized carbons (Fsp3) is 0.393. The van der Waals surface area contributed by atoms with Gasteiger partial charge in [-0.3, -0.25) is 4.98 Å². The second-order valence-corrected chi connectivity index (χ2v) is 11.5. The third kappa shape index (κ3) is 7.63. The number of halogens is 3. The summed E-state index contributed by atoms with van der Waals surface area (Å²) in [6, 6.07) is 8.98. The first-order chi connectivity index (χ1) is 17.9. The van der Waals surface area contributed by atoms with Gasteiger partial charge in [0.15, 0.2) is 21.3 Å². The van der Waals surface area contributed by atoms with Gasteiger partial charge in [-0.25, -0.2) is 8.42 Å². The highest BCUT2D eigenvalue weighted by molar-refractivity contribution is 7.90. The maximum atomic E-state index is 13.9. The van der Waals surface area contributed by atoms with Gasteiger partial charge in [0.05, 0.1) is 25.5 Å². The molecule has 0 bridgehead atoms. The van der Waals surface area contributed by atoms with Crippen molar-refractivity contribution in [2.24, 2.45) is 0 Å². The van der Waals surface area contributed by atoms with Crippen molar-refractivity contribution in [3.05, 3.63) is 88.4 Å². The molecule has 2 aromatic rings. The van der Waals surface area contributed by atoms with Crippen molar-refractivity contribution < 1.29 is 31.1 Å². The summed E-state index contributed by atoms with van der Waals surface area (Å²) in [6.45, 7) is 1.53. The molecule has 1 heterocycles. The van der Waals surface area contributed by atoms with Crippen LogP contribution < -0.4 is 14.8 Å². The van der Waals surface area contributed by atoms with Crippen LogP contribution in [0.4, 0.5) is 13.2 Å². The van der Waals surface area contributed by atoms with Crippen molar-refractivity contribution >= 4 is 9.84 Å². The van der Waals surface area contributed by atoms with Crippen molar-refractivity contribution in [3.63, 3.8) is 0 Å². The molecule has 206 valence electrons. The molecule has 1 aromatic carbocycles. The number of pyridine rings is 1. The molecule has 38 heavy (non-hydrogen) atoms. The Hall–Kier alpha value is -3.27. The molecule has 3 rings (SSSR count). The van der Waals surface area contributed by atoms with Crippen LogP contribution in [0.25, 0.3) is 0 Å². The molecule has 0 saturated carbocycles. The van der Waals surface area contributed by atoms with Crippen LogP contribution >= 0.6 is 0 Å². The number of aryl methyl sites for hydroxylation is 1. The summed E-state index contributed by atoms with van der Waals surface area (Å²) in [5.74, 6) is 1.26. The first-order valence-electron chi connectivity index (χ1n) is 12.2. The molecular formula is C28H33F3N2O4S. The highest BCUT2D eigenvalue weighted by Gasteiger charge is 2.36. The SMILES string of the molecule is COc1ccc(CC/C2=C/C/C=C(C(F)(F)F)\C(NCc3cccnc3C(C)S(C)(=O)=O)=C/C2)cc1OC. The van der Waals surface area contributed by atoms with Gasteiger partial charge >= 0.3 is 6.18 Å². The number of alkyl halides is 3. The number of rotatable bonds is 10. The van der Waals surface area contributed by atoms with E-state index in [9.17, 15) is 21.6 Å². The molecule has 0 amide bonds. The van der Waals surface area contributed by atoms with Gasteiger partial charge in [0.25, 0.3) is 0 Å². The van der Waals surface area contributed by atoms with Crippen LogP contribution in [0, 0.1) is 0 Å². The van der Waals surface area contributed by atoms with Gasteiger partial charge in [0.1, 0.15) is 5.25 Å². The molecule has 0 spiro atoms. The lowest BCUT2D eigenvalue weighted by molar-refractivity contribution is -0.0901. The average molecular weight is 551 g/mol. The van der Waals surface area contributed by atoms with Crippen LogP contribution in [0.15, 0.2) is 71.6 Å². The summed E-state index contributed by atoms with van der Waals surface area (Å²) in [5, 5.41) is 2.03. The van der Waals surface area contributed by atoms with E-state index in [0.717, 1.165) is 17.4 Å². The molecule has 0 radical (unpaired) electrons. The van der Waals surface area contributed by atoms with E-state index in [1.165, 1.54) is 19.2 Å². The summed E-state index contributed by atoms with van der Waals surface area (Å²) < 4.78 is 76.5. The molecule has 10 heteroatoms. The zero-order chi connectivity index (χ0) is 27.9. The Morgan fingerprint density at radius 3 is 2.45 bits per heavy atom. The number of allylic oxidation sites excluding steroid dienone is 5. The Kier molecular flexibility index (Phi) is 9.65. The molecule has 0 saturated heterocycles. The minimum absolute atomic E-state index is 0.00692. The predicted molar refractivity (Wildman–Crippen MR) is 142 cm³/mol. The Labute approximate surface area is 222 Å². The van der Waals surface area contributed by atoms with Crippen LogP contribution in [-0.2, 0) is 22.8 Å². The van der Waals surface area contributed by atoms with Gasteiger partial charge in [-0.15, -0.1) is 0 Å². The third-order valence-electron chi connectivity index (χ3n) is 6.50. The highest BCUT2D eigenvalue weighted by atomic mass is 32.2. The number of benzene rings is 1. The second kappa shape index (κ2) is 12.5. The lowest BCUT2D eigenvalue weighted by Crippen LogP contribution is -2.25. The predicted octanol–water partition coefficient (Wildman–Crippen LogP) is 6.02. The Morgan fingerprint density at radius 2 is 1.79 bits per heavy atom. The zero-order valence-electron chi connectivity index (χ0n) is 21.9. The molecule has 1 aliphatic rings. The van der Waals surface area contributed by atoms with E-state index >= 15 is 0 Å². The standard InChI is InChI=1S/C28H33F3N2O4S/c1-19(38(4,34)35)27-22(8-6-16-32-27)18-33-24-14-12-20(7-5-9-23(24)28(29,30)31)10-11-21-13-15-25(36-2)26(17-21)37-3/h6-9,13-17,19,33H,5,10-12,18H2,1-4H3/b20-7-,23-9+,24-14+. The summed E-state index contributed by atoms with van der Waals surface area (Å²) in [7, 11) is -0.293. The van der Waals surface area contributed by atoms with Crippen molar-refractivity contribution in [3.8, 4) is 11.5 Å². The van der Waals surface area contributed by atoms with Crippen LogP contribution in [0.1, 0.15) is 48.3 Å². The molecule has 6 nitrogen and oxygen atoms in total. The fourth-order valence-corrected chi connectivity index (χ4v) is 4.84. The molecule has 1 aliphatic carbocycles. The number of aromatic nitrogens is 1. The Bertz CT molecular complexity index is 1330. The molecule has 1 atom stereocenters. The number of nitrogens with zero attached hydrogens (tertiary/aromatic N) is 1. The second-order valence-electron chi connectivity index (χ2n) is 9.10. The van der Waals surface area contributed by atoms with Crippen LogP contribution in [0.3, 0.4) is 0 Å². The van der Waals surface area contributed by atoms with Crippen LogP contribution in [0.2, 0.25) is 0 Å². The van der Waals surface area contributed by atoms with Gasteiger partial charge < -0.3 is 14.8 Å². The van der Waals surface area contributed by atoms with Gasteiger partial charge in [0, 0.05) is 24.7 Å². The lowest BCUT2D eigenvalue weighted by atomic mass is 9.97. The number of hydrogen-bond acceptors (Lipinski definition) is 6. The lowest BCUT2D eigenvalue weighted by Gasteiger charge is -2.21. The van der Waals surface area contributed by atoms with E-state index in [2.05, 4.69) is 10.3 Å². The minimum atomic E-state index is -4.54. The Balaban J connectivity index is 1.79.